The van der Waals surface area contributed by atoms with Crippen LogP contribution in [0.25, 0.3) is 27.9 Å². The minimum absolute atomic E-state index is 0.742. The van der Waals surface area contributed by atoms with Crippen LogP contribution < -0.4 is 4.90 Å². The van der Waals surface area contributed by atoms with Gasteiger partial charge in [0.15, 0.2) is 11.5 Å². The molecule has 0 aliphatic carbocycles. The largest absolute Gasteiger partial charge is 0.341 e. The first-order chi connectivity index (χ1) is 14.6. The van der Waals surface area contributed by atoms with Crippen LogP contribution in [0.2, 0.25) is 0 Å². The van der Waals surface area contributed by atoms with Gasteiger partial charge in [-0.1, -0.05) is 71.8 Å². The lowest BCUT2D eigenvalue weighted by atomic mass is 10.1. The first kappa shape index (κ1) is 18.3. The summed E-state index contributed by atoms with van der Waals surface area (Å²) in [5, 5.41) is 10.2. The standard InChI is InChI=1S/C25H23N5/c1-17-9-12-20(13-10-17)23-27-28-24-21-15-18(2)11-14-22(21)26-25(30(23)24)29(3)16-19-7-5-4-6-8-19/h4-15H,16H2,1-3H3. The minimum Gasteiger partial charge on any atom is -0.341 e. The average molecular weight is 393 g/mol. The molecule has 0 aliphatic heterocycles. The van der Waals surface area contributed by atoms with E-state index >= 15 is 0 Å². The van der Waals surface area contributed by atoms with E-state index in [9.17, 15) is 0 Å². The van der Waals surface area contributed by atoms with Crippen LogP contribution in [-0.4, -0.2) is 26.6 Å². The second-order valence-corrected chi connectivity index (χ2v) is 7.82. The van der Waals surface area contributed by atoms with E-state index in [1.165, 1.54) is 16.7 Å². The molecule has 2 aromatic heterocycles. The van der Waals surface area contributed by atoms with Gasteiger partial charge in [0.2, 0.25) is 5.95 Å². The molecule has 148 valence electrons. The molecule has 5 rings (SSSR count). The van der Waals surface area contributed by atoms with Crippen molar-refractivity contribution in [3.63, 3.8) is 0 Å². The molecule has 0 aliphatic rings. The average Bonchev–Trinajstić information content (AvgIpc) is 3.20. The number of aromatic nitrogens is 4. The molecule has 0 radical (unpaired) electrons. The summed E-state index contributed by atoms with van der Waals surface area (Å²) in [6.45, 7) is 4.91. The van der Waals surface area contributed by atoms with Gasteiger partial charge in [-0.3, -0.25) is 0 Å². The molecule has 0 amide bonds. The zero-order valence-electron chi connectivity index (χ0n) is 17.4. The van der Waals surface area contributed by atoms with Crippen molar-refractivity contribution in [3.05, 3.63) is 89.5 Å². The summed E-state index contributed by atoms with van der Waals surface area (Å²) in [5.41, 5.74) is 6.39. The van der Waals surface area contributed by atoms with Crippen molar-refractivity contribution < 1.29 is 0 Å². The first-order valence-electron chi connectivity index (χ1n) is 10.1. The Morgan fingerprint density at radius 3 is 2.33 bits per heavy atom. The quantitative estimate of drug-likeness (QED) is 0.421. The van der Waals surface area contributed by atoms with Gasteiger partial charge in [0, 0.05) is 24.5 Å². The summed E-state index contributed by atoms with van der Waals surface area (Å²) in [7, 11) is 2.06. The van der Waals surface area contributed by atoms with Crippen molar-refractivity contribution in [2.75, 3.05) is 11.9 Å². The Bertz CT molecular complexity index is 1340. The van der Waals surface area contributed by atoms with E-state index in [0.29, 0.717) is 0 Å². The molecule has 0 unspecified atom stereocenters. The summed E-state index contributed by atoms with van der Waals surface area (Å²) >= 11 is 0. The zero-order chi connectivity index (χ0) is 20.7. The molecule has 0 atom stereocenters. The Morgan fingerprint density at radius 2 is 1.57 bits per heavy atom. The lowest BCUT2D eigenvalue weighted by Crippen LogP contribution is -2.21. The smallest absolute Gasteiger partial charge is 0.213 e. The van der Waals surface area contributed by atoms with Crippen molar-refractivity contribution >= 4 is 22.5 Å². The topological polar surface area (TPSA) is 46.3 Å². The normalized spacial score (nSPS) is 11.3. The van der Waals surface area contributed by atoms with Gasteiger partial charge in [-0.15, -0.1) is 10.2 Å². The Morgan fingerprint density at radius 1 is 0.833 bits per heavy atom. The SMILES string of the molecule is Cc1ccc(-c2nnc3c4cc(C)ccc4nc(N(C)Cc4ccccc4)n23)cc1. The summed E-state index contributed by atoms with van der Waals surface area (Å²) in [6, 6.07) is 25.1. The minimum atomic E-state index is 0.742. The van der Waals surface area contributed by atoms with Crippen molar-refractivity contribution in [1.82, 2.24) is 19.6 Å². The predicted octanol–water partition coefficient (Wildman–Crippen LogP) is 5.20. The maximum atomic E-state index is 5.03. The van der Waals surface area contributed by atoms with Crippen molar-refractivity contribution in [2.45, 2.75) is 20.4 Å². The maximum Gasteiger partial charge on any atom is 0.213 e. The van der Waals surface area contributed by atoms with Gasteiger partial charge in [-0.2, -0.15) is 0 Å². The molecule has 0 spiro atoms. The molecular weight excluding hydrogens is 370 g/mol. The molecule has 2 heterocycles. The Labute approximate surface area is 175 Å². The molecule has 5 nitrogen and oxygen atoms in total. The third-order valence-corrected chi connectivity index (χ3v) is 5.39. The number of aryl methyl sites for hydroxylation is 2. The van der Waals surface area contributed by atoms with Gasteiger partial charge >= 0.3 is 0 Å². The fraction of sp³-hybridized carbons (Fsp3) is 0.160. The van der Waals surface area contributed by atoms with E-state index in [1.54, 1.807) is 0 Å². The van der Waals surface area contributed by atoms with Crippen molar-refractivity contribution in [3.8, 4) is 11.4 Å². The lowest BCUT2D eigenvalue weighted by Gasteiger charge is -2.21. The zero-order valence-corrected chi connectivity index (χ0v) is 17.4. The number of anilines is 1. The molecule has 0 fully saturated rings. The van der Waals surface area contributed by atoms with E-state index < -0.39 is 0 Å². The molecule has 30 heavy (non-hydrogen) atoms. The van der Waals surface area contributed by atoms with Crippen LogP contribution >= 0.6 is 0 Å². The van der Waals surface area contributed by atoms with E-state index in [1.807, 2.05) is 6.07 Å². The number of rotatable bonds is 4. The van der Waals surface area contributed by atoms with Crippen LogP contribution in [0.4, 0.5) is 5.95 Å². The van der Waals surface area contributed by atoms with Crippen molar-refractivity contribution in [1.29, 1.82) is 0 Å². The lowest BCUT2D eigenvalue weighted by molar-refractivity contribution is 0.857. The van der Waals surface area contributed by atoms with Crippen LogP contribution in [0.5, 0.6) is 0 Å². The van der Waals surface area contributed by atoms with Crippen LogP contribution in [0.1, 0.15) is 16.7 Å². The van der Waals surface area contributed by atoms with Crippen LogP contribution in [0, 0.1) is 13.8 Å². The van der Waals surface area contributed by atoms with E-state index in [0.717, 1.165) is 40.4 Å². The molecule has 0 N–H and O–H groups in total. The van der Waals surface area contributed by atoms with Crippen LogP contribution in [0.3, 0.4) is 0 Å². The fourth-order valence-corrected chi connectivity index (χ4v) is 3.81. The molecule has 5 aromatic rings. The highest BCUT2D eigenvalue weighted by molar-refractivity contribution is 5.93. The van der Waals surface area contributed by atoms with E-state index in [4.69, 9.17) is 4.98 Å². The van der Waals surface area contributed by atoms with E-state index in [-0.39, 0.29) is 0 Å². The second-order valence-electron chi connectivity index (χ2n) is 7.82. The summed E-state index contributed by atoms with van der Waals surface area (Å²) in [5.74, 6) is 1.63. The van der Waals surface area contributed by atoms with Gasteiger partial charge in [-0.05, 0) is 31.5 Å². The molecule has 0 saturated carbocycles. The number of hydrogen-bond donors (Lipinski definition) is 0. The predicted molar refractivity (Wildman–Crippen MR) is 122 cm³/mol. The van der Waals surface area contributed by atoms with Crippen LogP contribution in [-0.2, 0) is 6.54 Å². The highest BCUT2D eigenvalue weighted by Crippen LogP contribution is 2.29. The Kier molecular flexibility index (Phi) is 4.43. The monoisotopic (exact) mass is 393 g/mol. The third-order valence-electron chi connectivity index (χ3n) is 5.39. The van der Waals surface area contributed by atoms with E-state index in [2.05, 4.69) is 107 Å². The molecular formula is C25H23N5. The van der Waals surface area contributed by atoms with Crippen LogP contribution in [0.15, 0.2) is 72.8 Å². The Hall–Kier alpha value is -3.73. The molecule has 0 bridgehead atoms. The fourth-order valence-electron chi connectivity index (χ4n) is 3.81. The molecule has 0 saturated heterocycles. The van der Waals surface area contributed by atoms with Gasteiger partial charge in [-0.25, -0.2) is 9.38 Å². The van der Waals surface area contributed by atoms with Gasteiger partial charge in [0.25, 0.3) is 0 Å². The highest BCUT2D eigenvalue weighted by atomic mass is 15.3. The molecule has 3 aromatic carbocycles. The number of nitrogens with zero attached hydrogens (tertiary/aromatic N) is 5. The Balaban J connectivity index is 1.75. The van der Waals surface area contributed by atoms with Gasteiger partial charge < -0.3 is 4.90 Å². The first-order valence-corrected chi connectivity index (χ1v) is 10.1. The van der Waals surface area contributed by atoms with Crippen molar-refractivity contribution in [2.24, 2.45) is 0 Å². The number of hydrogen-bond acceptors (Lipinski definition) is 4. The third kappa shape index (κ3) is 3.18. The number of fused-ring (bicyclic) bond motifs is 3. The van der Waals surface area contributed by atoms with Gasteiger partial charge in [0.1, 0.15) is 0 Å². The highest BCUT2D eigenvalue weighted by Gasteiger charge is 2.19. The molecule has 5 heteroatoms. The summed E-state index contributed by atoms with van der Waals surface area (Å²) < 4.78 is 2.08. The summed E-state index contributed by atoms with van der Waals surface area (Å²) in [6.07, 6.45) is 0. The van der Waals surface area contributed by atoms with Gasteiger partial charge in [0.05, 0.1) is 5.52 Å². The maximum absolute atomic E-state index is 5.03. The second kappa shape index (κ2) is 7.26. The number of benzene rings is 3. The summed E-state index contributed by atoms with van der Waals surface area (Å²) in [4.78, 5) is 7.18.